The second-order valence-electron chi connectivity index (χ2n) is 9.12. The van der Waals surface area contributed by atoms with Crippen molar-refractivity contribution in [3.63, 3.8) is 0 Å². The number of anilines is 1. The number of rotatable bonds is 13. The molecule has 3 rings (SSSR count). The third kappa shape index (κ3) is 7.89. The summed E-state index contributed by atoms with van der Waals surface area (Å²) in [5.74, 6) is -1.14. The van der Waals surface area contributed by atoms with Crippen LogP contribution in [0.5, 0.6) is 11.5 Å². The van der Waals surface area contributed by atoms with Crippen molar-refractivity contribution in [1.82, 2.24) is 10.2 Å². The Bertz CT molecular complexity index is 1470. The predicted molar refractivity (Wildman–Crippen MR) is 155 cm³/mol. The molecule has 2 amide bonds. The molecule has 0 saturated heterocycles. The summed E-state index contributed by atoms with van der Waals surface area (Å²) in [6.45, 7) is 3.21. The zero-order valence-corrected chi connectivity index (χ0v) is 24.8. The molecule has 0 bridgehead atoms. The quantitative estimate of drug-likeness (QED) is 0.304. The first kappa shape index (κ1) is 31.7. The second kappa shape index (κ2) is 14.2. The zero-order valence-electron chi connectivity index (χ0n) is 23.3. The van der Waals surface area contributed by atoms with Crippen LogP contribution in [0.15, 0.2) is 71.6 Å². The lowest BCUT2D eigenvalue weighted by Crippen LogP contribution is -2.51. The number of amides is 2. The van der Waals surface area contributed by atoms with Crippen LogP contribution in [-0.2, 0) is 26.2 Å². The number of carbonyl (C=O) groups is 2. The number of sulfonamides is 1. The third-order valence-electron chi connectivity index (χ3n) is 6.29. The number of halogens is 2. The molecule has 0 aliphatic rings. The van der Waals surface area contributed by atoms with Crippen molar-refractivity contribution in [3.05, 3.63) is 83.1 Å². The highest BCUT2D eigenvalue weighted by Gasteiger charge is 2.33. The van der Waals surface area contributed by atoms with E-state index in [0.717, 1.165) is 16.4 Å². The van der Waals surface area contributed by atoms with Gasteiger partial charge in [-0.2, -0.15) is 0 Å². The van der Waals surface area contributed by atoms with Gasteiger partial charge in [0.25, 0.3) is 10.0 Å². The van der Waals surface area contributed by atoms with E-state index in [2.05, 4.69) is 5.32 Å². The lowest BCUT2D eigenvalue weighted by Gasteiger charge is -2.32. The van der Waals surface area contributed by atoms with E-state index in [9.17, 15) is 22.4 Å². The van der Waals surface area contributed by atoms with E-state index in [0.29, 0.717) is 29.3 Å². The van der Waals surface area contributed by atoms with Crippen molar-refractivity contribution in [3.8, 4) is 11.5 Å². The van der Waals surface area contributed by atoms with Crippen LogP contribution < -0.4 is 19.1 Å². The van der Waals surface area contributed by atoms with Gasteiger partial charge < -0.3 is 19.7 Å². The van der Waals surface area contributed by atoms with Gasteiger partial charge in [-0.15, -0.1) is 0 Å². The van der Waals surface area contributed by atoms with Crippen LogP contribution >= 0.6 is 11.6 Å². The predicted octanol–water partition coefficient (Wildman–Crippen LogP) is 4.64. The summed E-state index contributed by atoms with van der Waals surface area (Å²) in [6, 6.07) is 14.6. The SMILES string of the molecule is CCCNC(=O)[C@H](C)N(Cc1cccc(Cl)c1)C(=O)CN(c1ccc(F)cc1)S(=O)(=O)c1ccc(OC)c(OC)c1. The van der Waals surface area contributed by atoms with Gasteiger partial charge >= 0.3 is 0 Å². The van der Waals surface area contributed by atoms with Crippen LogP contribution in [0.2, 0.25) is 5.02 Å². The average molecular weight is 606 g/mol. The van der Waals surface area contributed by atoms with Crippen LogP contribution in [0.25, 0.3) is 0 Å². The number of carbonyl (C=O) groups excluding carboxylic acids is 2. The monoisotopic (exact) mass is 605 g/mol. The molecule has 0 heterocycles. The Labute approximate surface area is 244 Å². The van der Waals surface area contributed by atoms with Gasteiger partial charge in [0.15, 0.2) is 11.5 Å². The molecular weight excluding hydrogens is 573 g/mol. The van der Waals surface area contributed by atoms with Crippen molar-refractivity contribution >= 4 is 39.1 Å². The Morgan fingerprint density at radius 2 is 1.68 bits per heavy atom. The van der Waals surface area contributed by atoms with Crippen LogP contribution in [0.1, 0.15) is 25.8 Å². The van der Waals surface area contributed by atoms with E-state index in [1.807, 2.05) is 6.92 Å². The van der Waals surface area contributed by atoms with Crippen LogP contribution in [0.4, 0.5) is 10.1 Å². The summed E-state index contributed by atoms with van der Waals surface area (Å²) in [5, 5.41) is 3.22. The molecule has 0 aliphatic carbocycles. The van der Waals surface area contributed by atoms with Crippen LogP contribution in [-0.4, -0.2) is 58.5 Å². The largest absolute Gasteiger partial charge is 0.493 e. The van der Waals surface area contributed by atoms with Gasteiger partial charge in [0.2, 0.25) is 11.8 Å². The van der Waals surface area contributed by atoms with Crippen molar-refractivity contribution in [2.45, 2.75) is 37.8 Å². The number of hydrogen-bond donors (Lipinski definition) is 1. The molecule has 1 atom stereocenters. The van der Waals surface area contributed by atoms with Crippen LogP contribution in [0, 0.1) is 5.82 Å². The maximum absolute atomic E-state index is 14.0. The van der Waals surface area contributed by atoms with Crippen LogP contribution in [0.3, 0.4) is 0 Å². The summed E-state index contributed by atoms with van der Waals surface area (Å²) in [5.41, 5.74) is 0.706. The fourth-order valence-electron chi connectivity index (χ4n) is 4.05. The number of nitrogens with one attached hydrogen (secondary N) is 1. The van der Waals surface area contributed by atoms with Gasteiger partial charge in [-0.25, -0.2) is 12.8 Å². The van der Waals surface area contributed by atoms with Crippen molar-refractivity contribution in [2.24, 2.45) is 0 Å². The van der Waals surface area contributed by atoms with Crippen molar-refractivity contribution in [2.75, 3.05) is 31.6 Å². The molecule has 0 aliphatic heterocycles. The first-order chi connectivity index (χ1) is 19.5. The maximum Gasteiger partial charge on any atom is 0.264 e. The highest BCUT2D eigenvalue weighted by atomic mass is 35.5. The molecule has 1 N–H and O–H groups in total. The van der Waals surface area contributed by atoms with E-state index in [1.54, 1.807) is 31.2 Å². The van der Waals surface area contributed by atoms with Gasteiger partial charge in [0.1, 0.15) is 18.4 Å². The van der Waals surface area contributed by atoms with Gasteiger partial charge in [-0.05, 0) is 67.4 Å². The smallest absolute Gasteiger partial charge is 0.264 e. The van der Waals surface area contributed by atoms with E-state index in [1.165, 1.54) is 49.5 Å². The van der Waals surface area contributed by atoms with E-state index < -0.39 is 40.2 Å². The lowest BCUT2D eigenvalue weighted by molar-refractivity contribution is -0.139. The molecule has 9 nitrogen and oxygen atoms in total. The molecule has 0 fully saturated rings. The Balaban J connectivity index is 2.06. The molecule has 12 heteroatoms. The third-order valence-corrected chi connectivity index (χ3v) is 8.30. The summed E-state index contributed by atoms with van der Waals surface area (Å²) < 4.78 is 53.1. The Morgan fingerprint density at radius 1 is 1.00 bits per heavy atom. The fraction of sp³-hybridized carbons (Fsp3) is 0.310. The highest BCUT2D eigenvalue weighted by Crippen LogP contribution is 2.32. The molecule has 3 aromatic carbocycles. The lowest BCUT2D eigenvalue weighted by atomic mass is 10.1. The summed E-state index contributed by atoms with van der Waals surface area (Å²) in [7, 11) is -1.60. The number of benzene rings is 3. The molecule has 3 aromatic rings. The van der Waals surface area contributed by atoms with E-state index in [4.69, 9.17) is 21.1 Å². The topological polar surface area (TPSA) is 105 Å². The normalized spacial score (nSPS) is 11.9. The van der Waals surface area contributed by atoms with Gasteiger partial charge in [0, 0.05) is 24.2 Å². The highest BCUT2D eigenvalue weighted by molar-refractivity contribution is 7.92. The average Bonchev–Trinajstić information content (AvgIpc) is 2.97. The van der Waals surface area contributed by atoms with E-state index in [-0.39, 0.29) is 22.9 Å². The number of nitrogens with zero attached hydrogens (tertiary/aromatic N) is 2. The second-order valence-corrected chi connectivity index (χ2v) is 11.4. The van der Waals surface area contributed by atoms with Gasteiger partial charge in [0.05, 0.1) is 24.8 Å². The molecule has 0 unspecified atom stereocenters. The van der Waals surface area contributed by atoms with Crippen molar-refractivity contribution < 1.29 is 31.9 Å². The minimum atomic E-state index is -4.39. The number of hydrogen-bond acceptors (Lipinski definition) is 6. The molecule has 0 saturated carbocycles. The Morgan fingerprint density at radius 3 is 2.29 bits per heavy atom. The Kier molecular flexibility index (Phi) is 11.0. The maximum atomic E-state index is 14.0. The van der Waals surface area contributed by atoms with Gasteiger partial charge in [-0.3, -0.25) is 13.9 Å². The summed E-state index contributed by atoms with van der Waals surface area (Å²) in [6.07, 6.45) is 0.697. The van der Waals surface area contributed by atoms with Gasteiger partial charge in [-0.1, -0.05) is 30.7 Å². The summed E-state index contributed by atoms with van der Waals surface area (Å²) in [4.78, 5) is 27.9. The molecule has 0 spiro atoms. The fourth-order valence-corrected chi connectivity index (χ4v) is 5.69. The minimum absolute atomic E-state index is 0.00618. The van der Waals surface area contributed by atoms with E-state index >= 15 is 0 Å². The Hall–Kier alpha value is -3.83. The number of ether oxygens (including phenoxy) is 2. The van der Waals surface area contributed by atoms with Crippen molar-refractivity contribution in [1.29, 1.82) is 0 Å². The molecule has 41 heavy (non-hydrogen) atoms. The first-order valence-corrected chi connectivity index (χ1v) is 14.7. The molecular formula is C29H33ClFN3O6S. The first-order valence-electron chi connectivity index (χ1n) is 12.8. The molecule has 220 valence electrons. The minimum Gasteiger partial charge on any atom is -0.493 e. The standard InChI is InChI=1S/C29H33ClFN3O6S/c1-5-15-32-29(36)20(2)33(18-21-7-6-8-22(30)16-21)28(35)19-34(24-11-9-23(31)10-12-24)41(37,38)25-13-14-26(39-3)27(17-25)40-4/h6-14,16-17,20H,5,15,18-19H2,1-4H3,(H,32,36)/t20-/m0/s1. The summed E-state index contributed by atoms with van der Waals surface area (Å²) >= 11 is 6.15. The zero-order chi connectivity index (χ0) is 30.2. The molecule has 0 radical (unpaired) electrons. The number of methoxy groups -OCH3 is 2. The molecule has 0 aromatic heterocycles.